The first-order valence-electron chi connectivity index (χ1n) is 7.80. The molecule has 0 unspecified atom stereocenters. The van der Waals surface area contributed by atoms with Crippen molar-refractivity contribution in [3.8, 4) is 17.9 Å². The van der Waals surface area contributed by atoms with Crippen LogP contribution in [0.1, 0.15) is 34.9 Å². The molecule has 3 rings (SSSR count). The number of fused-ring (bicyclic) bond motifs is 1. The molecule has 2 N–H and O–H groups in total. The molecule has 0 spiro atoms. The molecule has 0 amide bonds. The van der Waals surface area contributed by atoms with Gasteiger partial charge in [-0.05, 0) is 54.3 Å². The minimum Gasteiger partial charge on any atom is -0.495 e. The normalized spacial score (nSPS) is 14.2. The first-order valence-corrected chi connectivity index (χ1v) is 8.18. The van der Waals surface area contributed by atoms with Crippen molar-refractivity contribution in [3.05, 3.63) is 56.7 Å². The number of pyridine rings is 1. The predicted molar refractivity (Wildman–Crippen MR) is 102 cm³/mol. The molecule has 1 aromatic carbocycles. The standard InChI is InChI=1S/C20H15ClN4O/c1-10-13(6-12-4-5-17(26-3)16(21)7-12)18-11(2)15(9-23)20(24)25-19(18)14(10)8-22/h4-7H,1-3H3,(H2,24,25). The summed E-state index contributed by atoms with van der Waals surface area (Å²) < 4.78 is 5.18. The largest absolute Gasteiger partial charge is 0.495 e. The Morgan fingerprint density at radius 3 is 2.54 bits per heavy atom. The molecule has 1 aromatic heterocycles. The molecule has 6 heteroatoms. The number of benzene rings is 1. The minimum absolute atomic E-state index is 0.137. The van der Waals surface area contributed by atoms with Crippen molar-refractivity contribution in [1.29, 1.82) is 10.5 Å². The van der Waals surface area contributed by atoms with E-state index in [4.69, 9.17) is 22.1 Å². The van der Waals surface area contributed by atoms with Crippen molar-refractivity contribution in [2.45, 2.75) is 13.8 Å². The lowest BCUT2D eigenvalue weighted by molar-refractivity contribution is 0.415. The van der Waals surface area contributed by atoms with Crippen molar-refractivity contribution in [1.82, 2.24) is 4.98 Å². The van der Waals surface area contributed by atoms with Gasteiger partial charge in [0.2, 0.25) is 0 Å². The highest BCUT2D eigenvalue weighted by molar-refractivity contribution is 6.32. The quantitative estimate of drug-likeness (QED) is 0.856. The maximum Gasteiger partial charge on any atom is 0.142 e. The fourth-order valence-electron chi connectivity index (χ4n) is 3.13. The number of halogens is 1. The van der Waals surface area contributed by atoms with Gasteiger partial charge in [0.25, 0.3) is 0 Å². The van der Waals surface area contributed by atoms with Crippen LogP contribution in [-0.4, -0.2) is 12.1 Å². The van der Waals surface area contributed by atoms with Crippen LogP contribution >= 0.6 is 11.6 Å². The van der Waals surface area contributed by atoms with Crippen LogP contribution in [-0.2, 0) is 0 Å². The zero-order chi connectivity index (χ0) is 19.0. The molecule has 5 nitrogen and oxygen atoms in total. The van der Waals surface area contributed by atoms with Gasteiger partial charge < -0.3 is 10.5 Å². The molecule has 0 fully saturated rings. The van der Waals surface area contributed by atoms with Gasteiger partial charge in [0.1, 0.15) is 23.7 Å². The number of nitrogens with zero attached hydrogens (tertiary/aromatic N) is 3. The molecule has 128 valence electrons. The summed E-state index contributed by atoms with van der Waals surface area (Å²) >= 11 is 6.22. The number of anilines is 1. The molecule has 1 heterocycles. The number of hydrogen-bond acceptors (Lipinski definition) is 5. The molecule has 0 radical (unpaired) electrons. The van der Waals surface area contributed by atoms with Gasteiger partial charge in [0, 0.05) is 5.56 Å². The average molecular weight is 363 g/mol. The first kappa shape index (κ1) is 17.5. The fraction of sp³-hybridized carbons (Fsp3) is 0.150. The van der Waals surface area contributed by atoms with Crippen LogP contribution in [0.25, 0.3) is 17.2 Å². The maximum atomic E-state index is 9.57. The van der Waals surface area contributed by atoms with E-state index in [9.17, 15) is 10.5 Å². The molecule has 1 aliphatic carbocycles. The third kappa shape index (κ3) is 2.60. The van der Waals surface area contributed by atoms with Crippen molar-refractivity contribution in [2.24, 2.45) is 0 Å². The fourth-order valence-corrected chi connectivity index (χ4v) is 3.40. The maximum absolute atomic E-state index is 9.57. The SMILES string of the molecule is COc1ccc(C=C2C(C)=C(C#N)c3nc(N)c(C#N)c(C)c32)cc1Cl. The summed E-state index contributed by atoms with van der Waals surface area (Å²) in [7, 11) is 1.56. The third-order valence-electron chi connectivity index (χ3n) is 4.47. The van der Waals surface area contributed by atoms with E-state index in [1.165, 1.54) is 0 Å². The Kier molecular flexibility index (Phi) is 4.42. The van der Waals surface area contributed by atoms with E-state index in [0.717, 1.165) is 22.3 Å². The Morgan fingerprint density at radius 2 is 1.96 bits per heavy atom. The monoisotopic (exact) mass is 362 g/mol. The van der Waals surface area contributed by atoms with Gasteiger partial charge >= 0.3 is 0 Å². The minimum atomic E-state index is 0.137. The average Bonchev–Trinajstić information content (AvgIpc) is 2.86. The second kappa shape index (κ2) is 6.55. The van der Waals surface area contributed by atoms with E-state index in [2.05, 4.69) is 17.1 Å². The topological polar surface area (TPSA) is 95.7 Å². The number of ether oxygens (including phenoxy) is 1. The lowest BCUT2D eigenvalue weighted by atomic mass is 9.95. The highest BCUT2D eigenvalue weighted by Gasteiger charge is 2.29. The van der Waals surface area contributed by atoms with E-state index >= 15 is 0 Å². The molecule has 0 saturated heterocycles. The van der Waals surface area contributed by atoms with E-state index in [1.54, 1.807) is 19.2 Å². The summed E-state index contributed by atoms with van der Waals surface area (Å²) in [5.41, 5.74) is 11.2. The van der Waals surface area contributed by atoms with E-state index in [-0.39, 0.29) is 5.82 Å². The smallest absolute Gasteiger partial charge is 0.142 e. The second-order valence-electron chi connectivity index (χ2n) is 5.90. The van der Waals surface area contributed by atoms with Crippen LogP contribution in [0.5, 0.6) is 5.75 Å². The van der Waals surface area contributed by atoms with Gasteiger partial charge in [-0.15, -0.1) is 0 Å². The van der Waals surface area contributed by atoms with Crippen LogP contribution in [0.15, 0.2) is 23.8 Å². The Bertz CT molecular complexity index is 1080. The Hall–Kier alpha value is -3.28. The zero-order valence-electron chi connectivity index (χ0n) is 14.5. The number of allylic oxidation sites excluding steroid dienone is 3. The molecular weight excluding hydrogens is 348 g/mol. The van der Waals surface area contributed by atoms with Crippen molar-refractivity contribution in [3.63, 3.8) is 0 Å². The number of nitriles is 2. The number of nitrogens with two attached hydrogens (primary N) is 1. The lowest BCUT2D eigenvalue weighted by Gasteiger charge is -2.11. The second-order valence-corrected chi connectivity index (χ2v) is 6.30. The van der Waals surface area contributed by atoms with E-state index in [1.807, 2.05) is 26.0 Å². The van der Waals surface area contributed by atoms with Crippen LogP contribution in [0.2, 0.25) is 5.02 Å². The third-order valence-corrected chi connectivity index (χ3v) is 4.77. The molecular formula is C20H15ClN4O. The van der Waals surface area contributed by atoms with Gasteiger partial charge in [-0.1, -0.05) is 17.7 Å². The van der Waals surface area contributed by atoms with E-state index in [0.29, 0.717) is 33.2 Å². The number of aromatic nitrogens is 1. The number of hydrogen-bond donors (Lipinski definition) is 1. The van der Waals surface area contributed by atoms with Crippen LogP contribution < -0.4 is 10.5 Å². The van der Waals surface area contributed by atoms with Crippen LogP contribution in [0, 0.1) is 29.6 Å². The number of methoxy groups -OCH3 is 1. The zero-order valence-corrected chi connectivity index (χ0v) is 15.3. The van der Waals surface area contributed by atoms with E-state index < -0.39 is 0 Å². The summed E-state index contributed by atoms with van der Waals surface area (Å²) in [5.74, 6) is 0.723. The molecule has 0 atom stereocenters. The number of rotatable bonds is 2. The molecule has 1 aliphatic rings. The molecule has 0 bridgehead atoms. The van der Waals surface area contributed by atoms with Crippen molar-refractivity contribution in [2.75, 3.05) is 12.8 Å². The number of nitrogen functional groups attached to an aromatic ring is 1. The molecule has 2 aromatic rings. The van der Waals surface area contributed by atoms with Gasteiger partial charge in [0.05, 0.1) is 29.0 Å². The summed E-state index contributed by atoms with van der Waals surface area (Å²) in [6, 6.07) is 9.74. The van der Waals surface area contributed by atoms with Gasteiger partial charge in [-0.2, -0.15) is 10.5 Å². The van der Waals surface area contributed by atoms with Crippen molar-refractivity contribution < 1.29 is 4.74 Å². The van der Waals surface area contributed by atoms with Gasteiger partial charge in [-0.25, -0.2) is 4.98 Å². The lowest BCUT2D eigenvalue weighted by Crippen LogP contribution is -2.03. The first-order chi connectivity index (χ1) is 12.4. The Labute approximate surface area is 156 Å². The molecule has 26 heavy (non-hydrogen) atoms. The summed E-state index contributed by atoms with van der Waals surface area (Å²) in [6.45, 7) is 3.68. The molecule has 0 aliphatic heterocycles. The Balaban J connectivity index is 2.28. The van der Waals surface area contributed by atoms with Crippen LogP contribution in [0.4, 0.5) is 5.82 Å². The van der Waals surface area contributed by atoms with Gasteiger partial charge in [-0.3, -0.25) is 0 Å². The van der Waals surface area contributed by atoms with Crippen molar-refractivity contribution >= 4 is 34.6 Å². The molecule has 0 saturated carbocycles. The highest BCUT2D eigenvalue weighted by atomic mass is 35.5. The summed E-state index contributed by atoms with van der Waals surface area (Å²) in [5, 5.41) is 19.5. The highest BCUT2D eigenvalue weighted by Crippen LogP contribution is 2.44. The van der Waals surface area contributed by atoms with Crippen LogP contribution in [0.3, 0.4) is 0 Å². The predicted octanol–water partition coefficient (Wildman–Crippen LogP) is 4.36. The van der Waals surface area contributed by atoms with Gasteiger partial charge in [0.15, 0.2) is 0 Å². The summed E-state index contributed by atoms with van der Waals surface area (Å²) in [6.07, 6.45) is 1.93. The Morgan fingerprint density at radius 1 is 1.23 bits per heavy atom. The summed E-state index contributed by atoms with van der Waals surface area (Å²) in [4.78, 5) is 4.31.